The summed E-state index contributed by atoms with van der Waals surface area (Å²) in [5, 5.41) is 1.16. The van der Waals surface area contributed by atoms with E-state index in [-0.39, 0.29) is 12.2 Å². The summed E-state index contributed by atoms with van der Waals surface area (Å²) in [6.45, 7) is 2.89. The number of nitrogens with zero attached hydrogens (tertiary/aromatic N) is 2. The minimum absolute atomic E-state index is 0.253. The average molecular weight is 463 g/mol. The van der Waals surface area contributed by atoms with Crippen LogP contribution in [0.25, 0.3) is 22.0 Å². The van der Waals surface area contributed by atoms with Crippen LogP contribution in [0.2, 0.25) is 0 Å². The molecule has 35 heavy (non-hydrogen) atoms. The van der Waals surface area contributed by atoms with Gasteiger partial charge in [-0.05, 0) is 47.7 Å². The second kappa shape index (κ2) is 7.14. The van der Waals surface area contributed by atoms with Crippen molar-refractivity contribution in [2.24, 2.45) is 5.92 Å². The molecule has 1 aromatic heterocycles. The van der Waals surface area contributed by atoms with E-state index in [2.05, 4.69) is 53.4 Å². The molecule has 1 aliphatic carbocycles. The molecule has 4 heterocycles. The van der Waals surface area contributed by atoms with Crippen LogP contribution < -0.4 is 19.1 Å². The number of ether oxygens (including phenoxy) is 3. The van der Waals surface area contributed by atoms with E-state index in [1.165, 1.54) is 41.6 Å². The van der Waals surface area contributed by atoms with Crippen LogP contribution in [-0.4, -0.2) is 31.5 Å². The molecule has 0 N–H and O–H groups in total. The molecule has 0 amide bonds. The van der Waals surface area contributed by atoms with Crippen LogP contribution in [0.4, 0.5) is 5.69 Å². The predicted molar refractivity (Wildman–Crippen MR) is 136 cm³/mol. The summed E-state index contributed by atoms with van der Waals surface area (Å²) in [7, 11) is 0. The Bertz CT molecular complexity index is 1490. The molecule has 0 saturated heterocycles. The van der Waals surface area contributed by atoms with Crippen LogP contribution >= 0.6 is 0 Å². The zero-order chi connectivity index (χ0) is 23.0. The fraction of sp³-hybridized carbons (Fsp3) is 0.300. The highest BCUT2D eigenvalue weighted by Gasteiger charge is 2.52. The monoisotopic (exact) mass is 462 g/mol. The average Bonchev–Trinajstić information content (AvgIpc) is 3.37. The molecule has 174 valence electrons. The van der Waals surface area contributed by atoms with Gasteiger partial charge in [-0.3, -0.25) is 4.98 Å². The highest BCUT2D eigenvalue weighted by atomic mass is 16.7. The third-order valence-corrected chi connectivity index (χ3v) is 8.19. The van der Waals surface area contributed by atoms with E-state index in [1.807, 2.05) is 18.3 Å². The van der Waals surface area contributed by atoms with E-state index < -0.39 is 0 Å². The number of para-hydroxylation sites is 1. The van der Waals surface area contributed by atoms with Crippen molar-refractivity contribution >= 4 is 16.6 Å². The molecular weight excluding hydrogens is 436 g/mol. The largest absolute Gasteiger partial charge is 0.492 e. The Morgan fingerprint density at radius 2 is 1.80 bits per heavy atom. The van der Waals surface area contributed by atoms with Crippen molar-refractivity contribution in [2.75, 3.05) is 31.4 Å². The Balaban J connectivity index is 1.33. The van der Waals surface area contributed by atoms with Gasteiger partial charge >= 0.3 is 0 Å². The van der Waals surface area contributed by atoms with Crippen LogP contribution in [-0.2, 0) is 5.41 Å². The standard InChI is InChI=1S/C30H26N2O3/c1-2-6-24-20(4-1)12-21(15-31-24)22-5-3-7-25-29(22)30(16-32(25)11-10-19-8-9-19)17-33-26-14-28-27(13-23(26)30)34-18-35-28/h1-7,12-15,19H,8-11,16-18H2. The summed E-state index contributed by atoms with van der Waals surface area (Å²) in [4.78, 5) is 7.39. The Kier molecular flexibility index (Phi) is 3.99. The number of benzene rings is 3. The van der Waals surface area contributed by atoms with Gasteiger partial charge in [-0.15, -0.1) is 0 Å². The lowest BCUT2D eigenvalue weighted by molar-refractivity contribution is 0.173. The number of aromatic nitrogens is 1. The van der Waals surface area contributed by atoms with Gasteiger partial charge < -0.3 is 19.1 Å². The van der Waals surface area contributed by atoms with Gasteiger partial charge in [0.1, 0.15) is 12.4 Å². The Morgan fingerprint density at radius 3 is 2.71 bits per heavy atom. The third-order valence-electron chi connectivity index (χ3n) is 8.19. The normalized spacial score (nSPS) is 21.4. The van der Waals surface area contributed by atoms with E-state index >= 15 is 0 Å². The van der Waals surface area contributed by atoms with Crippen molar-refractivity contribution in [3.8, 4) is 28.4 Å². The number of rotatable bonds is 4. The zero-order valence-electron chi connectivity index (χ0n) is 19.5. The van der Waals surface area contributed by atoms with Crippen molar-refractivity contribution in [1.29, 1.82) is 0 Å². The third kappa shape index (κ3) is 2.90. The first-order valence-electron chi connectivity index (χ1n) is 12.6. The maximum Gasteiger partial charge on any atom is 0.231 e. The number of hydrogen-bond donors (Lipinski definition) is 0. The van der Waals surface area contributed by atoms with Crippen molar-refractivity contribution < 1.29 is 14.2 Å². The number of hydrogen-bond acceptors (Lipinski definition) is 5. The zero-order valence-corrected chi connectivity index (χ0v) is 19.5. The van der Waals surface area contributed by atoms with Crippen molar-refractivity contribution in [2.45, 2.75) is 24.7 Å². The number of fused-ring (bicyclic) bond motifs is 6. The lowest BCUT2D eigenvalue weighted by Crippen LogP contribution is -2.36. The Hall–Kier alpha value is -3.73. The van der Waals surface area contributed by atoms with Gasteiger partial charge in [0.2, 0.25) is 6.79 Å². The van der Waals surface area contributed by atoms with Crippen LogP contribution in [0, 0.1) is 5.92 Å². The molecule has 4 aliphatic rings. The minimum atomic E-state index is -0.253. The van der Waals surface area contributed by atoms with Crippen LogP contribution in [0.5, 0.6) is 17.2 Å². The molecule has 5 heteroatoms. The smallest absolute Gasteiger partial charge is 0.231 e. The number of pyridine rings is 1. The molecular formula is C30H26N2O3. The molecule has 1 saturated carbocycles. The van der Waals surface area contributed by atoms with Gasteiger partial charge in [-0.2, -0.15) is 0 Å². The van der Waals surface area contributed by atoms with E-state index in [0.717, 1.165) is 52.7 Å². The van der Waals surface area contributed by atoms with Crippen molar-refractivity contribution in [1.82, 2.24) is 4.98 Å². The van der Waals surface area contributed by atoms with Gasteiger partial charge in [0, 0.05) is 47.6 Å². The summed E-state index contributed by atoms with van der Waals surface area (Å²) >= 11 is 0. The molecule has 3 aromatic carbocycles. The van der Waals surface area contributed by atoms with Gasteiger partial charge in [0.15, 0.2) is 11.5 Å². The predicted octanol–water partition coefficient (Wildman–Crippen LogP) is 5.93. The highest BCUT2D eigenvalue weighted by molar-refractivity contribution is 5.88. The first-order chi connectivity index (χ1) is 17.3. The van der Waals surface area contributed by atoms with Crippen molar-refractivity contribution in [3.05, 3.63) is 78.0 Å². The molecule has 0 radical (unpaired) electrons. The molecule has 1 unspecified atom stereocenters. The SMILES string of the molecule is c1cc(-c2cnc3ccccc3c2)c2c(c1)N(CCC1CC1)CC21COc2cc3c(cc21)OCO3. The first-order valence-corrected chi connectivity index (χ1v) is 12.6. The van der Waals surface area contributed by atoms with Crippen LogP contribution in [0.1, 0.15) is 30.4 Å². The molecule has 1 spiro atoms. The Labute approximate surface area is 204 Å². The molecule has 1 fully saturated rings. The fourth-order valence-electron chi connectivity index (χ4n) is 6.23. The summed E-state index contributed by atoms with van der Waals surface area (Å²) in [6.07, 6.45) is 6.04. The summed E-state index contributed by atoms with van der Waals surface area (Å²) in [5.74, 6) is 3.40. The second-order valence-electron chi connectivity index (χ2n) is 10.3. The van der Waals surface area contributed by atoms with Crippen LogP contribution in [0.3, 0.4) is 0 Å². The molecule has 8 rings (SSSR count). The van der Waals surface area contributed by atoms with Gasteiger partial charge in [-0.25, -0.2) is 0 Å². The lowest BCUT2D eigenvalue weighted by Gasteiger charge is -2.26. The quantitative estimate of drug-likeness (QED) is 0.376. The summed E-state index contributed by atoms with van der Waals surface area (Å²) in [6, 6.07) is 21.5. The van der Waals surface area contributed by atoms with Crippen molar-refractivity contribution in [3.63, 3.8) is 0 Å². The Morgan fingerprint density at radius 1 is 0.914 bits per heavy atom. The fourth-order valence-corrected chi connectivity index (χ4v) is 6.23. The second-order valence-corrected chi connectivity index (χ2v) is 10.3. The highest BCUT2D eigenvalue weighted by Crippen LogP contribution is 2.57. The topological polar surface area (TPSA) is 43.8 Å². The van der Waals surface area contributed by atoms with E-state index in [0.29, 0.717) is 6.61 Å². The van der Waals surface area contributed by atoms with Gasteiger partial charge in [-0.1, -0.05) is 43.2 Å². The van der Waals surface area contributed by atoms with E-state index in [4.69, 9.17) is 19.2 Å². The molecule has 0 bridgehead atoms. The van der Waals surface area contributed by atoms with Gasteiger partial charge in [0.05, 0.1) is 10.9 Å². The van der Waals surface area contributed by atoms with E-state index in [1.54, 1.807) is 0 Å². The lowest BCUT2D eigenvalue weighted by atomic mass is 9.74. The summed E-state index contributed by atoms with van der Waals surface area (Å²) in [5.41, 5.74) is 7.04. The molecule has 3 aliphatic heterocycles. The maximum absolute atomic E-state index is 6.39. The first kappa shape index (κ1) is 19.6. The number of anilines is 1. The van der Waals surface area contributed by atoms with E-state index in [9.17, 15) is 0 Å². The summed E-state index contributed by atoms with van der Waals surface area (Å²) < 4.78 is 17.8. The minimum Gasteiger partial charge on any atom is -0.492 e. The van der Waals surface area contributed by atoms with Gasteiger partial charge in [0.25, 0.3) is 0 Å². The maximum atomic E-state index is 6.39. The molecule has 4 aromatic rings. The van der Waals surface area contributed by atoms with Crippen LogP contribution in [0.15, 0.2) is 66.9 Å². The molecule has 5 nitrogen and oxygen atoms in total. The molecule has 1 atom stereocenters.